The van der Waals surface area contributed by atoms with Gasteiger partial charge in [-0.25, -0.2) is 9.18 Å². The normalized spacial score (nSPS) is 22.8. The lowest BCUT2D eigenvalue weighted by molar-refractivity contribution is 0.0693. The highest BCUT2D eigenvalue weighted by Crippen LogP contribution is 2.33. The minimum Gasteiger partial charge on any atom is -0.478 e. The van der Waals surface area contributed by atoms with Crippen LogP contribution in [0.4, 0.5) is 10.1 Å². The Balaban J connectivity index is 2.24. The minimum atomic E-state index is -1.22. The Bertz CT molecular complexity index is 487. The van der Waals surface area contributed by atoms with Crippen molar-refractivity contribution in [3.05, 3.63) is 29.6 Å². The van der Waals surface area contributed by atoms with Gasteiger partial charge in [0.1, 0.15) is 11.4 Å². The summed E-state index contributed by atoms with van der Waals surface area (Å²) in [5, 5.41) is 12.5. The lowest BCUT2D eigenvalue weighted by Crippen LogP contribution is -2.35. The van der Waals surface area contributed by atoms with E-state index in [0.29, 0.717) is 17.5 Å². The van der Waals surface area contributed by atoms with E-state index in [-0.39, 0.29) is 11.6 Å². The zero-order valence-corrected chi connectivity index (χ0v) is 12.0. The van der Waals surface area contributed by atoms with E-state index in [2.05, 4.69) is 19.2 Å². The number of anilines is 1. The van der Waals surface area contributed by atoms with Crippen molar-refractivity contribution in [3.63, 3.8) is 0 Å². The van der Waals surface area contributed by atoms with Crippen LogP contribution in [0.5, 0.6) is 0 Å². The van der Waals surface area contributed by atoms with Crippen LogP contribution < -0.4 is 5.32 Å². The molecule has 0 bridgehead atoms. The van der Waals surface area contributed by atoms with Crippen LogP contribution >= 0.6 is 0 Å². The number of halogens is 1. The molecule has 2 atom stereocenters. The second-order valence-corrected chi connectivity index (χ2v) is 5.91. The van der Waals surface area contributed by atoms with Crippen LogP contribution in [0.15, 0.2) is 18.2 Å². The van der Waals surface area contributed by atoms with Gasteiger partial charge in [0.2, 0.25) is 0 Å². The van der Waals surface area contributed by atoms with Crippen molar-refractivity contribution in [1.82, 2.24) is 0 Å². The summed E-state index contributed by atoms with van der Waals surface area (Å²) < 4.78 is 13.7. The fourth-order valence-electron chi connectivity index (χ4n) is 3.20. The topological polar surface area (TPSA) is 49.3 Å². The Morgan fingerprint density at radius 1 is 1.35 bits per heavy atom. The molecule has 1 aromatic rings. The highest BCUT2D eigenvalue weighted by atomic mass is 19.1. The summed E-state index contributed by atoms with van der Waals surface area (Å²) in [4.78, 5) is 11.2. The number of carbonyl (C=O) groups is 1. The van der Waals surface area contributed by atoms with E-state index in [1.54, 1.807) is 12.1 Å². The van der Waals surface area contributed by atoms with E-state index in [9.17, 15) is 14.3 Å². The number of aromatic carboxylic acids is 1. The molecule has 2 N–H and O–H groups in total. The van der Waals surface area contributed by atoms with E-state index < -0.39 is 11.8 Å². The molecule has 0 aromatic heterocycles. The van der Waals surface area contributed by atoms with Crippen molar-refractivity contribution < 1.29 is 14.3 Å². The van der Waals surface area contributed by atoms with E-state index in [0.717, 1.165) is 19.3 Å². The third-order valence-electron chi connectivity index (χ3n) is 4.24. The number of nitrogens with one attached hydrogen (secondary N) is 1. The van der Waals surface area contributed by atoms with Crippen LogP contribution in [0.2, 0.25) is 0 Å². The van der Waals surface area contributed by atoms with Crippen LogP contribution in [0.25, 0.3) is 0 Å². The van der Waals surface area contributed by atoms with Gasteiger partial charge >= 0.3 is 5.97 Å². The molecule has 1 aliphatic carbocycles. The molecule has 0 aliphatic heterocycles. The Hall–Kier alpha value is -1.58. The quantitative estimate of drug-likeness (QED) is 0.870. The van der Waals surface area contributed by atoms with Crippen LogP contribution in [0.3, 0.4) is 0 Å². The van der Waals surface area contributed by atoms with Gasteiger partial charge in [-0.05, 0) is 36.8 Å². The molecule has 1 aromatic carbocycles. The predicted molar refractivity (Wildman–Crippen MR) is 77.6 cm³/mol. The van der Waals surface area contributed by atoms with E-state index >= 15 is 0 Å². The van der Waals surface area contributed by atoms with Crippen LogP contribution in [0, 0.1) is 17.7 Å². The standard InChI is InChI=1S/C16H22FNO2/c1-10(2)11-6-3-4-8-13(11)18-14-9-5-7-12(17)15(14)16(19)20/h5,7,9-11,13,18H,3-4,6,8H2,1-2H3,(H,19,20). The lowest BCUT2D eigenvalue weighted by Gasteiger charge is -2.35. The van der Waals surface area contributed by atoms with Crippen LogP contribution in [-0.2, 0) is 0 Å². The molecule has 0 radical (unpaired) electrons. The van der Waals surface area contributed by atoms with Gasteiger partial charge in [-0.2, -0.15) is 0 Å². The summed E-state index contributed by atoms with van der Waals surface area (Å²) in [5.74, 6) is -0.856. The zero-order chi connectivity index (χ0) is 14.7. The monoisotopic (exact) mass is 279 g/mol. The molecule has 20 heavy (non-hydrogen) atoms. The van der Waals surface area contributed by atoms with Crippen molar-refractivity contribution >= 4 is 11.7 Å². The average Bonchev–Trinajstić information content (AvgIpc) is 2.38. The summed E-state index contributed by atoms with van der Waals surface area (Å²) in [7, 11) is 0. The van der Waals surface area contributed by atoms with Gasteiger partial charge in [0.15, 0.2) is 0 Å². The van der Waals surface area contributed by atoms with E-state index in [4.69, 9.17) is 0 Å². The Kier molecular flexibility index (Phi) is 4.63. The molecule has 0 amide bonds. The maximum atomic E-state index is 13.7. The fourth-order valence-corrected chi connectivity index (χ4v) is 3.20. The molecule has 0 heterocycles. The summed E-state index contributed by atoms with van der Waals surface area (Å²) in [6.45, 7) is 4.38. The van der Waals surface area contributed by atoms with Crippen molar-refractivity contribution in [2.24, 2.45) is 11.8 Å². The van der Waals surface area contributed by atoms with E-state index in [1.165, 1.54) is 12.5 Å². The predicted octanol–water partition coefficient (Wildman–Crippen LogP) is 4.15. The van der Waals surface area contributed by atoms with Gasteiger partial charge < -0.3 is 10.4 Å². The van der Waals surface area contributed by atoms with Crippen molar-refractivity contribution in [1.29, 1.82) is 0 Å². The van der Waals surface area contributed by atoms with Gasteiger partial charge in [-0.3, -0.25) is 0 Å². The molecule has 110 valence electrons. The van der Waals surface area contributed by atoms with Gasteiger partial charge in [0, 0.05) is 6.04 Å². The number of rotatable bonds is 4. The number of hydrogen-bond donors (Lipinski definition) is 2. The molecule has 1 aliphatic rings. The van der Waals surface area contributed by atoms with Gasteiger partial charge in [0.05, 0.1) is 5.69 Å². The summed E-state index contributed by atoms with van der Waals surface area (Å²) in [6.07, 6.45) is 4.51. The second kappa shape index (κ2) is 6.25. The van der Waals surface area contributed by atoms with Crippen molar-refractivity contribution in [2.45, 2.75) is 45.6 Å². The van der Waals surface area contributed by atoms with Gasteiger partial charge in [-0.1, -0.05) is 32.8 Å². The first-order chi connectivity index (χ1) is 9.50. The maximum absolute atomic E-state index is 13.7. The third-order valence-corrected chi connectivity index (χ3v) is 4.24. The number of carboxylic acids is 1. The van der Waals surface area contributed by atoms with Crippen molar-refractivity contribution in [3.8, 4) is 0 Å². The minimum absolute atomic E-state index is 0.226. The maximum Gasteiger partial charge on any atom is 0.340 e. The molecular formula is C16H22FNO2. The van der Waals surface area contributed by atoms with Gasteiger partial charge in [-0.15, -0.1) is 0 Å². The highest BCUT2D eigenvalue weighted by molar-refractivity contribution is 5.94. The summed E-state index contributed by atoms with van der Waals surface area (Å²) in [5.41, 5.74) is 0.149. The Morgan fingerprint density at radius 2 is 2.05 bits per heavy atom. The van der Waals surface area contributed by atoms with Crippen LogP contribution in [-0.4, -0.2) is 17.1 Å². The molecule has 2 rings (SSSR count). The zero-order valence-electron chi connectivity index (χ0n) is 12.0. The third kappa shape index (κ3) is 3.11. The summed E-state index contributed by atoms with van der Waals surface area (Å²) >= 11 is 0. The largest absolute Gasteiger partial charge is 0.478 e. The number of hydrogen-bond acceptors (Lipinski definition) is 2. The van der Waals surface area contributed by atoms with E-state index in [1.807, 2.05) is 0 Å². The lowest BCUT2D eigenvalue weighted by atomic mass is 9.77. The number of benzene rings is 1. The highest BCUT2D eigenvalue weighted by Gasteiger charge is 2.28. The summed E-state index contributed by atoms with van der Waals surface area (Å²) in [6, 6.07) is 4.62. The first-order valence-electron chi connectivity index (χ1n) is 7.29. The van der Waals surface area contributed by atoms with Gasteiger partial charge in [0.25, 0.3) is 0 Å². The molecule has 0 saturated heterocycles. The molecular weight excluding hydrogens is 257 g/mol. The molecule has 1 saturated carbocycles. The molecule has 1 fully saturated rings. The first-order valence-corrected chi connectivity index (χ1v) is 7.29. The SMILES string of the molecule is CC(C)C1CCCCC1Nc1cccc(F)c1C(=O)O. The Labute approximate surface area is 119 Å². The Morgan fingerprint density at radius 3 is 2.70 bits per heavy atom. The molecule has 3 nitrogen and oxygen atoms in total. The fraction of sp³-hybridized carbons (Fsp3) is 0.562. The van der Waals surface area contributed by atoms with Crippen molar-refractivity contribution in [2.75, 3.05) is 5.32 Å². The average molecular weight is 279 g/mol. The van der Waals surface area contributed by atoms with Crippen LogP contribution in [0.1, 0.15) is 49.9 Å². The molecule has 2 unspecified atom stereocenters. The smallest absolute Gasteiger partial charge is 0.340 e. The molecule has 4 heteroatoms. The molecule has 0 spiro atoms. The first kappa shape index (κ1) is 14.8. The second-order valence-electron chi connectivity index (χ2n) is 5.91. The number of carboxylic acid groups (broad SMARTS) is 1.